The molecule has 0 aromatic heterocycles. The Balaban J connectivity index is 2.57. The van der Waals surface area contributed by atoms with Crippen molar-refractivity contribution >= 4 is 24.2 Å². The van der Waals surface area contributed by atoms with Crippen molar-refractivity contribution in [3.8, 4) is 0 Å². The molecule has 0 spiro atoms. The fourth-order valence-corrected chi connectivity index (χ4v) is 9.39. The van der Waals surface area contributed by atoms with E-state index in [9.17, 15) is 4.79 Å². The molecule has 2 aromatic carbocycles. The minimum Gasteiger partial charge on any atom is -0.300 e. The van der Waals surface area contributed by atoms with Crippen LogP contribution in [0.25, 0.3) is 0 Å². The molecule has 2 aromatic rings. The highest BCUT2D eigenvalue weighted by Gasteiger charge is 2.47. The van der Waals surface area contributed by atoms with Gasteiger partial charge in [-0.1, -0.05) is 104 Å². The summed E-state index contributed by atoms with van der Waals surface area (Å²) in [5.41, 5.74) is 1.20. The maximum absolute atomic E-state index is 11.8. The summed E-state index contributed by atoms with van der Waals surface area (Å²) < 4.78 is 0. The molecule has 0 aliphatic heterocycles. The maximum atomic E-state index is 11.8. The molecule has 0 fully saturated rings. The molecule has 1 nitrogen and oxygen atoms in total. The molecule has 0 aliphatic rings. The first-order valence-corrected chi connectivity index (χ1v) is 11.7. The van der Waals surface area contributed by atoms with Crippen molar-refractivity contribution in [2.24, 2.45) is 5.92 Å². The predicted molar refractivity (Wildman–Crippen MR) is 116 cm³/mol. The van der Waals surface area contributed by atoms with Crippen LogP contribution < -0.4 is 10.4 Å². The van der Waals surface area contributed by atoms with Gasteiger partial charge in [0.25, 0.3) is 0 Å². The Hall–Kier alpha value is -1.93. The van der Waals surface area contributed by atoms with Crippen LogP contribution in [0.4, 0.5) is 0 Å². The predicted octanol–water partition coefficient (Wildman–Crippen LogP) is 5.22. The summed E-state index contributed by atoms with van der Waals surface area (Å²) in [4.78, 5) is 11.8. The van der Waals surface area contributed by atoms with Crippen LogP contribution in [0.5, 0.6) is 0 Å². The highest BCUT2D eigenvalue weighted by Crippen LogP contribution is 2.41. The van der Waals surface area contributed by atoms with E-state index in [1.54, 1.807) is 6.92 Å². The lowest BCUT2D eigenvalue weighted by molar-refractivity contribution is -0.120. The molecular weight excluding hydrogens is 332 g/mol. The summed E-state index contributed by atoms with van der Waals surface area (Å²) in [6.45, 7) is 15.2. The monoisotopic (exact) mass is 364 g/mol. The molecule has 0 amide bonds. The molecule has 1 atom stereocenters. The average molecular weight is 365 g/mol. The molecule has 0 heterocycles. The first-order valence-electron chi connectivity index (χ1n) is 9.46. The number of benzene rings is 2. The third kappa shape index (κ3) is 4.24. The van der Waals surface area contributed by atoms with Gasteiger partial charge in [0.05, 0.1) is 0 Å². The molecule has 0 aliphatic carbocycles. The van der Waals surface area contributed by atoms with Gasteiger partial charge in [-0.2, -0.15) is 0 Å². The minimum atomic E-state index is -2.12. The normalized spacial score (nSPS) is 13.3. The van der Waals surface area contributed by atoms with Gasteiger partial charge in [0.2, 0.25) is 0 Å². The van der Waals surface area contributed by atoms with Gasteiger partial charge in [-0.15, -0.1) is 6.58 Å². The molecule has 26 heavy (non-hydrogen) atoms. The van der Waals surface area contributed by atoms with Gasteiger partial charge in [-0.3, -0.25) is 4.79 Å². The summed E-state index contributed by atoms with van der Waals surface area (Å²) >= 11 is 0. The number of Topliss-reactive ketones (excluding diaryl/α,β-unsaturated/α-hetero) is 1. The second-order valence-corrected chi connectivity index (χ2v) is 13.3. The van der Waals surface area contributed by atoms with Crippen molar-refractivity contribution in [3.63, 3.8) is 0 Å². The molecule has 0 radical (unpaired) electrons. The number of carbonyl (C=O) groups excluding carboxylic acids is 1. The molecule has 0 saturated carbocycles. The standard InChI is InChI=1S/C24H32OSi/c1-19(17-20(2)21(3)25)18-26(24(4,5)6,22-13-9-7-10-14-22)23-15-11-8-12-16-23/h7-16,20H,1,17-18H2,2-6H3. The average Bonchev–Trinajstić information content (AvgIpc) is 2.60. The summed E-state index contributed by atoms with van der Waals surface area (Å²) in [5.74, 6) is 0.286. The Morgan fingerprint density at radius 3 is 1.73 bits per heavy atom. The van der Waals surface area contributed by atoms with Gasteiger partial charge in [0.15, 0.2) is 0 Å². The van der Waals surface area contributed by atoms with Crippen molar-refractivity contribution in [1.82, 2.24) is 0 Å². The van der Waals surface area contributed by atoms with Crippen LogP contribution >= 0.6 is 0 Å². The van der Waals surface area contributed by atoms with E-state index in [0.29, 0.717) is 0 Å². The van der Waals surface area contributed by atoms with Crippen molar-refractivity contribution in [3.05, 3.63) is 72.8 Å². The zero-order valence-corrected chi connectivity index (χ0v) is 17.9. The van der Waals surface area contributed by atoms with E-state index in [4.69, 9.17) is 0 Å². The molecular formula is C24H32OSi. The fraction of sp³-hybridized carbons (Fsp3) is 0.375. The maximum Gasteiger partial charge on any atom is 0.132 e. The molecule has 2 rings (SSSR count). The Labute approximate surface area is 160 Å². The fourth-order valence-electron chi connectivity index (χ4n) is 3.97. The zero-order chi connectivity index (χ0) is 19.4. The second kappa shape index (κ2) is 8.18. The third-order valence-corrected chi connectivity index (χ3v) is 11.8. The lowest BCUT2D eigenvalue weighted by Crippen LogP contribution is -2.64. The lowest BCUT2D eigenvalue weighted by atomic mass is 10.00. The van der Waals surface area contributed by atoms with E-state index < -0.39 is 8.07 Å². The van der Waals surface area contributed by atoms with Crippen LogP contribution in [0.1, 0.15) is 41.0 Å². The van der Waals surface area contributed by atoms with Gasteiger partial charge >= 0.3 is 0 Å². The van der Waals surface area contributed by atoms with E-state index in [2.05, 4.69) is 88.0 Å². The first kappa shape index (κ1) is 20.4. The number of hydrogen-bond donors (Lipinski definition) is 0. The number of carbonyl (C=O) groups is 1. The van der Waals surface area contributed by atoms with Crippen LogP contribution in [0.15, 0.2) is 72.8 Å². The molecule has 0 N–H and O–H groups in total. The van der Waals surface area contributed by atoms with Gasteiger partial charge in [0, 0.05) is 5.92 Å². The Morgan fingerprint density at radius 1 is 0.962 bits per heavy atom. The van der Waals surface area contributed by atoms with Crippen molar-refractivity contribution in [2.75, 3.05) is 0 Å². The van der Waals surface area contributed by atoms with E-state index in [0.717, 1.165) is 12.5 Å². The van der Waals surface area contributed by atoms with Crippen LogP contribution in [0.3, 0.4) is 0 Å². The summed E-state index contributed by atoms with van der Waals surface area (Å²) in [5, 5.41) is 3.00. The number of allylic oxidation sites excluding steroid dienone is 1. The molecule has 1 unspecified atom stereocenters. The number of ketones is 1. The molecule has 2 heteroatoms. The summed E-state index contributed by atoms with van der Waals surface area (Å²) in [6.07, 6.45) is 0.778. The van der Waals surface area contributed by atoms with Crippen molar-refractivity contribution < 1.29 is 4.79 Å². The third-order valence-electron chi connectivity index (χ3n) is 5.62. The second-order valence-electron chi connectivity index (χ2n) is 8.53. The van der Waals surface area contributed by atoms with Gasteiger partial charge < -0.3 is 0 Å². The quantitative estimate of drug-likeness (QED) is 0.486. The summed E-state index contributed by atoms with van der Waals surface area (Å²) in [7, 11) is -2.12. The van der Waals surface area contributed by atoms with E-state index in [1.807, 2.05) is 6.92 Å². The first-order chi connectivity index (χ1) is 12.2. The van der Waals surface area contributed by atoms with Gasteiger partial charge in [0.1, 0.15) is 13.9 Å². The van der Waals surface area contributed by atoms with Crippen LogP contribution in [-0.4, -0.2) is 13.9 Å². The van der Waals surface area contributed by atoms with Crippen LogP contribution in [0.2, 0.25) is 11.1 Å². The van der Waals surface area contributed by atoms with Gasteiger partial charge in [-0.05, 0) is 24.4 Å². The van der Waals surface area contributed by atoms with E-state index in [1.165, 1.54) is 15.9 Å². The summed E-state index contributed by atoms with van der Waals surface area (Å²) in [6, 6.07) is 22.9. The Kier molecular flexibility index (Phi) is 6.41. The zero-order valence-electron chi connectivity index (χ0n) is 16.9. The molecule has 0 bridgehead atoms. The van der Waals surface area contributed by atoms with E-state index in [-0.39, 0.29) is 16.7 Å². The Bertz CT molecular complexity index is 701. The van der Waals surface area contributed by atoms with Gasteiger partial charge in [-0.25, -0.2) is 0 Å². The number of hydrogen-bond acceptors (Lipinski definition) is 1. The largest absolute Gasteiger partial charge is 0.300 e. The topological polar surface area (TPSA) is 17.1 Å². The lowest BCUT2D eigenvalue weighted by Gasteiger charge is -2.45. The van der Waals surface area contributed by atoms with Crippen molar-refractivity contribution in [1.29, 1.82) is 0 Å². The van der Waals surface area contributed by atoms with Crippen LogP contribution in [0, 0.1) is 5.92 Å². The minimum absolute atomic E-state index is 0.0423. The Morgan fingerprint density at radius 2 is 1.38 bits per heavy atom. The highest BCUT2D eigenvalue weighted by molar-refractivity contribution is 7.04. The molecule has 138 valence electrons. The smallest absolute Gasteiger partial charge is 0.132 e. The van der Waals surface area contributed by atoms with E-state index >= 15 is 0 Å². The van der Waals surface area contributed by atoms with Crippen LogP contribution in [-0.2, 0) is 4.79 Å². The highest BCUT2D eigenvalue weighted by atomic mass is 28.3. The molecule has 0 saturated heterocycles. The SMILES string of the molecule is C=C(CC(C)C(C)=O)C[Si](c1ccccc1)(c1ccccc1)C(C)(C)C. The van der Waals surface area contributed by atoms with Crippen molar-refractivity contribution in [2.45, 2.75) is 52.1 Å². The number of rotatable bonds is 7.